The van der Waals surface area contributed by atoms with Gasteiger partial charge in [0.2, 0.25) is 0 Å². The number of nitrogens with zero attached hydrogens (tertiary/aromatic N) is 1. The first-order valence-electron chi connectivity index (χ1n) is 7.50. The minimum atomic E-state index is -0.609. The predicted molar refractivity (Wildman–Crippen MR) is 87.2 cm³/mol. The lowest BCUT2D eigenvalue weighted by atomic mass is 9.74. The van der Waals surface area contributed by atoms with Crippen molar-refractivity contribution >= 4 is 23.2 Å². The maximum absolute atomic E-state index is 12.1. The van der Waals surface area contributed by atoms with Crippen molar-refractivity contribution < 1.29 is 9.53 Å². The summed E-state index contributed by atoms with van der Waals surface area (Å²) in [5, 5.41) is 4.90. The Labute approximate surface area is 135 Å². The Morgan fingerprint density at radius 2 is 2.32 bits per heavy atom. The van der Waals surface area contributed by atoms with Crippen LogP contribution in [0, 0.1) is 18.8 Å². The van der Waals surface area contributed by atoms with Gasteiger partial charge in [0.25, 0.3) is 5.91 Å². The molecule has 0 spiro atoms. The van der Waals surface area contributed by atoms with Crippen molar-refractivity contribution in [2.45, 2.75) is 32.8 Å². The molecule has 3 unspecified atom stereocenters. The highest BCUT2D eigenvalue weighted by Gasteiger charge is 2.38. The summed E-state index contributed by atoms with van der Waals surface area (Å²) < 4.78 is 5.68. The third kappa shape index (κ3) is 3.02. The number of fused-ring (bicyclic) bond motifs is 1. The smallest absolute Gasteiger partial charge is 0.280 e. The zero-order valence-electron chi connectivity index (χ0n) is 12.7. The molecule has 0 radical (unpaired) electrons. The van der Waals surface area contributed by atoms with Crippen molar-refractivity contribution in [3.8, 4) is 5.75 Å². The molecule has 1 aromatic carbocycles. The van der Waals surface area contributed by atoms with Crippen LogP contribution in [0.15, 0.2) is 35.5 Å². The van der Waals surface area contributed by atoms with Crippen molar-refractivity contribution in [3.05, 3.63) is 40.9 Å². The maximum Gasteiger partial charge on any atom is 0.280 e. The molecule has 4 nitrogen and oxygen atoms in total. The topological polar surface area (TPSA) is 50.7 Å². The lowest BCUT2D eigenvalue weighted by molar-refractivity contribution is -0.127. The van der Waals surface area contributed by atoms with E-state index >= 15 is 0 Å². The molecule has 116 valence electrons. The molecule has 1 N–H and O–H groups in total. The first-order valence-corrected chi connectivity index (χ1v) is 7.88. The van der Waals surface area contributed by atoms with Crippen LogP contribution in [0.5, 0.6) is 5.75 Å². The molecule has 1 fully saturated rings. The molecule has 2 aliphatic carbocycles. The van der Waals surface area contributed by atoms with Crippen LogP contribution in [0.4, 0.5) is 0 Å². The van der Waals surface area contributed by atoms with Crippen molar-refractivity contribution in [2.24, 2.45) is 16.9 Å². The summed E-state index contributed by atoms with van der Waals surface area (Å²) in [6.07, 6.45) is 5.80. The zero-order chi connectivity index (χ0) is 15.7. The van der Waals surface area contributed by atoms with Crippen LogP contribution in [-0.2, 0) is 4.79 Å². The van der Waals surface area contributed by atoms with Crippen LogP contribution < -0.4 is 10.2 Å². The summed E-state index contributed by atoms with van der Waals surface area (Å²) in [6.45, 7) is 3.61. The predicted octanol–water partition coefficient (Wildman–Crippen LogP) is 3.48. The molecule has 0 saturated heterocycles. The van der Waals surface area contributed by atoms with Gasteiger partial charge in [-0.2, -0.15) is 5.10 Å². The number of nitrogens with one attached hydrogen (secondary N) is 1. The molecule has 2 aliphatic rings. The fraction of sp³-hybridized carbons (Fsp3) is 0.412. The van der Waals surface area contributed by atoms with Crippen LogP contribution >= 0.6 is 11.6 Å². The summed E-state index contributed by atoms with van der Waals surface area (Å²) in [5.41, 5.74) is 4.60. The van der Waals surface area contributed by atoms with Crippen molar-refractivity contribution in [1.29, 1.82) is 0 Å². The first-order chi connectivity index (χ1) is 10.5. The number of carbonyl (C=O) groups is 1. The summed E-state index contributed by atoms with van der Waals surface area (Å²) in [7, 11) is 0. The van der Waals surface area contributed by atoms with E-state index in [1.165, 1.54) is 0 Å². The molecule has 3 rings (SSSR count). The van der Waals surface area contributed by atoms with Gasteiger partial charge in [-0.1, -0.05) is 23.8 Å². The number of ether oxygens (including phenoxy) is 1. The SMILES string of the molecule is Cc1cc(Cl)ccc1OC(C)C(=O)N/N=C1/CC2C=CCC12. The number of carbonyl (C=O) groups excluding carboxylic acids is 1. The number of hydrazone groups is 1. The van der Waals surface area contributed by atoms with Gasteiger partial charge in [-0.05, 0) is 56.4 Å². The number of rotatable bonds is 4. The second-order valence-corrected chi connectivity index (χ2v) is 6.32. The minimum absolute atomic E-state index is 0.240. The quantitative estimate of drug-likeness (QED) is 0.682. The van der Waals surface area contributed by atoms with E-state index in [0.717, 1.165) is 24.1 Å². The number of halogens is 1. The standard InChI is InChI=1S/C17H19ClN2O2/c1-10-8-13(18)6-7-16(10)22-11(2)17(21)20-19-15-9-12-4-3-5-14(12)15/h3-4,6-8,11-12,14H,5,9H2,1-2H3,(H,20,21)/b19-15-. The highest BCUT2D eigenvalue weighted by Crippen LogP contribution is 2.40. The summed E-state index contributed by atoms with van der Waals surface area (Å²) >= 11 is 5.91. The van der Waals surface area contributed by atoms with E-state index in [0.29, 0.717) is 22.6 Å². The number of benzene rings is 1. The fourth-order valence-electron chi connectivity index (χ4n) is 2.87. The molecule has 0 aliphatic heterocycles. The molecular weight excluding hydrogens is 300 g/mol. The maximum atomic E-state index is 12.1. The van der Waals surface area contributed by atoms with Crippen LogP contribution in [0.3, 0.4) is 0 Å². The largest absolute Gasteiger partial charge is 0.481 e. The molecule has 0 heterocycles. The Bertz CT molecular complexity index is 654. The molecular formula is C17H19ClN2O2. The molecule has 3 atom stereocenters. The highest BCUT2D eigenvalue weighted by atomic mass is 35.5. The van der Waals surface area contributed by atoms with Gasteiger partial charge in [-0.3, -0.25) is 4.79 Å². The Kier molecular flexibility index (Phi) is 4.21. The second kappa shape index (κ2) is 6.13. The number of hydrogen-bond donors (Lipinski definition) is 1. The van der Waals surface area contributed by atoms with Crippen molar-refractivity contribution in [3.63, 3.8) is 0 Å². The highest BCUT2D eigenvalue weighted by molar-refractivity contribution is 6.30. The Balaban J connectivity index is 1.55. The molecule has 1 aromatic rings. The number of aryl methyl sites for hydroxylation is 1. The van der Waals surface area contributed by atoms with Gasteiger partial charge in [0.1, 0.15) is 5.75 Å². The van der Waals surface area contributed by atoms with Crippen LogP contribution in [-0.4, -0.2) is 17.7 Å². The lowest BCUT2D eigenvalue weighted by Crippen LogP contribution is -2.38. The Hall–Kier alpha value is -1.81. The number of amides is 1. The van der Waals surface area contributed by atoms with Gasteiger partial charge in [0.05, 0.1) is 0 Å². The van der Waals surface area contributed by atoms with Crippen molar-refractivity contribution in [2.75, 3.05) is 0 Å². The molecule has 1 saturated carbocycles. The van der Waals surface area contributed by atoms with E-state index in [2.05, 4.69) is 22.7 Å². The average molecular weight is 319 g/mol. The van der Waals surface area contributed by atoms with Gasteiger partial charge >= 0.3 is 0 Å². The van der Waals surface area contributed by atoms with Crippen LogP contribution in [0.25, 0.3) is 0 Å². The number of hydrogen-bond acceptors (Lipinski definition) is 3. The van der Waals surface area contributed by atoms with Gasteiger partial charge in [-0.25, -0.2) is 5.43 Å². The van der Waals surface area contributed by atoms with E-state index < -0.39 is 6.10 Å². The van der Waals surface area contributed by atoms with Gasteiger partial charge in [0, 0.05) is 16.7 Å². The number of allylic oxidation sites excluding steroid dienone is 2. The summed E-state index contributed by atoms with van der Waals surface area (Å²) in [6, 6.07) is 5.33. The molecule has 1 amide bonds. The lowest BCUT2D eigenvalue weighted by Gasteiger charge is -2.31. The van der Waals surface area contributed by atoms with Gasteiger partial charge in [0.15, 0.2) is 6.10 Å². The van der Waals surface area contributed by atoms with Crippen molar-refractivity contribution in [1.82, 2.24) is 5.43 Å². The fourth-order valence-corrected chi connectivity index (χ4v) is 3.10. The van der Waals surface area contributed by atoms with Crippen LogP contribution in [0.1, 0.15) is 25.3 Å². The van der Waals surface area contributed by atoms with Gasteiger partial charge < -0.3 is 4.74 Å². The summed E-state index contributed by atoms with van der Waals surface area (Å²) in [5.74, 6) is 1.54. The first kappa shape index (κ1) is 15.1. The molecule has 0 aromatic heterocycles. The van der Waals surface area contributed by atoms with E-state index in [-0.39, 0.29) is 5.91 Å². The van der Waals surface area contributed by atoms with Crippen LogP contribution in [0.2, 0.25) is 5.02 Å². The van der Waals surface area contributed by atoms with E-state index in [9.17, 15) is 4.79 Å². The third-order valence-electron chi connectivity index (χ3n) is 4.28. The minimum Gasteiger partial charge on any atom is -0.481 e. The molecule has 22 heavy (non-hydrogen) atoms. The van der Waals surface area contributed by atoms with E-state index in [4.69, 9.17) is 16.3 Å². The Morgan fingerprint density at radius 1 is 1.50 bits per heavy atom. The molecule has 5 heteroatoms. The average Bonchev–Trinajstić information content (AvgIpc) is 2.83. The van der Waals surface area contributed by atoms with E-state index in [1.807, 2.05) is 13.0 Å². The monoisotopic (exact) mass is 318 g/mol. The normalized spacial score (nSPS) is 25.5. The second-order valence-electron chi connectivity index (χ2n) is 5.89. The summed E-state index contributed by atoms with van der Waals surface area (Å²) in [4.78, 5) is 12.1. The third-order valence-corrected chi connectivity index (χ3v) is 4.52. The Morgan fingerprint density at radius 3 is 3.05 bits per heavy atom. The molecule has 0 bridgehead atoms. The van der Waals surface area contributed by atoms with E-state index in [1.54, 1.807) is 19.1 Å². The van der Waals surface area contributed by atoms with Gasteiger partial charge in [-0.15, -0.1) is 0 Å². The zero-order valence-corrected chi connectivity index (χ0v) is 13.4.